The van der Waals surface area contributed by atoms with E-state index in [9.17, 15) is 18.0 Å². The fourth-order valence-electron chi connectivity index (χ4n) is 3.00. The van der Waals surface area contributed by atoms with Crippen LogP contribution in [0, 0.1) is 24.4 Å². The Labute approximate surface area is 184 Å². The highest BCUT2D eigenvalue weighted by molar-refractivity contribution is 7.98. The molecule has 0 aliphatic heterocycles. The Bertz CT molecular complexity index is 1270. The monoisotopic (exact) mass is 460 g/mol. The number of imidazole rings is 1. The van der Waals surface area contributed by atoms with Crippen LogP contribution in [0.5, 0.6) is 0 Å². The van der Waals surface area contributed by atoms with Crippen LogP contribution in [0.3, 0.4) is 0 Å². The van der Waals surface area contributed by atoms with Gasteiger partial charge in [-0.05, 0) is 55.6 Å². The van der Waals surface area contributed by atoms with Gasteiger partial charge >= 0.3 is 0 Å². The van der Waals surface area contributed by atoms with Crippen molar-refractivity contribution < 1.29 is 18.0 Å². The second-order valence-electron chi connectivity index (χ2n) is 6.45. The minimum atomic E-state index is -0.969. The Hall–Kier alpha value is -3.11. The number of hydrogen-bond donors (Lipinski definition) is 1. The molecule has 10 heteroatoms. The number of benzene rings is 2. The Balaban J connectivity index is 1.64. The second kappa shape index (κ2) is 8.56. The van der Waals surface area contributed by atoms with E-state index in [0.29, 0.717) is 27.2 Å². The third-order valence-corrected chi connectivity index (χ3v) is 5.98. The summed E-state index contributed by atoms with van der Waals surface area (Å²) in [7, 11) is 0. The van der Waals surface area contributed by atoms with Crippen molar-refractivity contribution in [1.29, 1.82) is 0 Å². The summed E-state index contributed by atoms with van der Waals surface area (Å²) in [6.45, 7) is 1.78. The number of aromatic nitrogens is 3. The number of carbonyl (C=O) groups is 1. The number of carbonyl (C=O) groups excluding carboxylic acids is 1. The zero-order chi connectivity index (χ0) is 22.1. The van der Waals surface area contributed by atoms with E-state index >= 15 is 0 Å². The van der Waals surface area contributed by atoms with Crippen LogP contribution in [0.1, 0.15) is 15.4 Å². The first-order valence-electron chi connectivity index (χ1n) is 8.99. The molecule has 2 heterocycles. The molecule has 0 aliphatic rings. The van der Waals surface area contributed by atoms with E-state index in [4.69, 9.17) is 0 Å². The number of thiazole rings is 1. The van der Waals surface area contributed by atoms with E-state index in [1.54, 1.807) is 23.6 Å². The Kier molecular flexibility index (Phi) is 5.84. The molecule has 0 saturated heterocycles. The predicted octanol–water partition coefficient (Wildman–Crippen LogP) is 5.70. The van der Waals surface area contributed by atoms with Crippen molar-refractivity contribution >= 4 is 34.1 Å². The first-order chi connectivity index (χ1) is 14.9. The van der Waals surface area contributed by atoms with Crippen molar-refractivity contribution in [1.82, 2.24) is 14.5 Å². The average Bonchev–Trinajstić information content (AvgIpc) is 3.34. The molecule has 1 N–H and O–H groups in total. The van der Waals surface area contributed by atoms with Crippen LogP contribution < -0.4 is 5.32 Å². The molecule has 0 bridgehead atoms. The van der Waals surface area contributed by atoms with Crippen LogP contribution in [0.15, 0.2) is 53.8 Å². The lowest BCUT2D eigenvalue weighted by molar-refractivity contribution is 0.102. The Morgan fingerprint density at radius 1 is 1.10 bits per heavy atom. The van der Waals surface area contributed by atoms with Gasteiger partial charge in [-0.15, -0.1) is 11.3 Å². The fraction of sp³-hybridized carbons (Fsp3) is 0.0952. The van der Waals surface area contributed by atoms with E-state index in [0.717, 1.165) is 17.0 Å². The maximum absolute atomic E-state index is 13.6. The lowest BCUT2D eigenvalue weighted by Crippen LogP contribution is -2.16. The van der Waals surface area contributed by atoms with Crippen molar-refractivity contribution in [2.45, 2.75) is 12.1 Å². The number of rotatable bonds is 5. The quantitative estimate of drug-likeness (QED) is 0.389. The molecule has 31 heavy (non-hydrogen) atoms. The van der Waals surface area contributed by atoms with E-state index < -0.39 is 17.5 Å². The molecule has 0 unspecified atom stereocenters. The fourth-order valence-corrected chi connectivity index (χ4v) is 4.38. The largest absolute Gasteiger partial charge is 0.296 e. The van der Waals surface area contributed by atoms with Crippen LogP contribution in [-0.2, 0) is 0 Å². The number of nitrogens with one attached hydrogen (secondary N) is 1. The number of thioether (sulfide) groups is 1. The van der Waals surface area contributed by atoms with Crippen LogP contribution in [0.4, 0.5) is 18.3 Å². The lowest BCUT2D eigenvalue weighted by Gasteiger charge is -2.10. The van der Waals surface area contributed by atoms with Gasteiger partial charge in [-0.3, -0.25) is 14.7 Å². The van der Waals surface area contributed by atoms with Crippen LogP contribution in [-0.4, -0.2) is 26.7 Å². The maximum atomic E-state index is 13.6. The van der Waals surface area contributed by atoms with Gasteiger partial charge in [0.2, 0.25) is 0 Å². The van der Waals surface area contributed by atoms with Crippen molar-refractivity contribution in [3.63, 3.8) is 0 Å². The van der Waals surface area contributed by atoms with E-state index in [1.165, 1.54) is 47.5 Å². The Morgan fingerprint density at radius 2 is 1.84 bits per heavy atom. The van der Waals surface area contributed by atoms with Crippen molar-refractivity contribution in [2.24, 2.45) is 0 Å². The highest BCUT2D eigenvalue weighted by Gasteiger charge is 2.20. The smallest absolute Gasteiger partial charge is 0.276 e. The normalized spacial score (nSPS) is 11.0. The molecule has 2 aromatic carbocycles. The van der Waals surface area contributed by atoms with Gasteiger partial charge in [0, 0.05) is 16.1 Å². The lowest BCUT2D eigenvalue weighted by atomic mass is 10.1. The van der Waals surface area contributed by atoms with E-state index in [2.05, 4.69) is 15.3 Å². The number of nitrogens with zero attached hydrogens (tertiary/aromatic N) is 3. The van der Waals surface area contributed by atoms with E-state index in [-0.39, 0.29) is 11.5 Å². The average molecular weight is 461 g/mol. The highest BCUT2D eigenvalue weighted by Crippen LogP contribution is 2.32. The summed E-state index contributed by atoms with van der Waals surface area (Å²) >= 11 is 2.56. The summed E-state index contributed by atoms with van der Waals surface area (Å²) in [5.74, 6) is -2.75. The van der Waals surface area contributed by atoms with Gasteiger partial charge in [-0.25, -0.2) is 23.1 Å². The summed E-state index contributed by atoms with van der Waals surface area (Å²) < 4.78 is 41.8. The number of anilines is 1. The van der Waals surface area contributed by atoms with E-state index in [1.807, 2.05) is 6.26 Å². The molecule has 0 spiro atoms. The molecule has 1 amide bonds. The second-order valence-corrected chi connectivity index (χ2v) is 8.43. The highest BCUT2D eigenvalue weighted by atomic mass is 32.2. The molecule has 0 saturated carbocycles. The third kappa shape index (κ3) is 4.21. The first kappa shape index (κ1) is 21.1. The predicted molar refractivity (Wildman–Crippen MR) is 115 cm³/mol. The van der Waals surface area contributed by atoms with Gasteiger partial charge in [0.1, 0.15) is 11.5 Å². The van der Waals surface area contributed by atoms with Gasteiger partial charge in [0.25, 0.3) is 5.91 Å². The first-order valence-corrected chi connectivity index (χ1v) is 11.0. The van der Waals surface area contributed by atoms with Crippen molar-refractivity contribution in [3.05, 3.63) is 76.7 Å². The summed E-state index contributed by atoms with van der Waals surface area (Å²) in [5.41, 5.74) is 1.70. The third-order valence-electron chi connectivity index (χ3n) is 4.44. The van der Waals surface area contributed by atoms with Gasteiger partial charge in [0.05, 0.1) is 11.9 Å². The summed E-state index contributed by atoms with van der Waals surface area (Å²) in [6, 6.07) is 9.26. The molecule has 4 rings (SSSR count). The molecule has 0 radical (unpaired) electrons. The molecule has 4 aromatic rings. The summed E-state index contributed by atoms with van der Waals surface area (Å²) in [4.78, 5) is 22.3. The van der Waals surface area contributed by atoms with Gasteiger partial charge in [-0.2, -0.15) is 0 Å². The Morgan fingerprint density at radius 3 is 2.52 bits per heavy atom. The minimum absolute atomic E-state index is 0.248. The van der Waals surface area contributed by atoms with Crippen LogP contribution >= 0.6 is 23.1 Å². The van der Waals surface area contributed by atoms with Gasteiger partial charge < -0.3 is 0 Å². The SMILES string of the molecule is CSc1ncc(C(=O)Nc2nc(-c3ccc(F)c(F)c3)c(C)s2)n1-c1ccc(F)cc1. The minimum Gasteiger partial charge on any atom is -0.296 e. The summed E-state index contributed by atoms with van der Waals surface area (Å²) in [5, 5.41) is 3.60. The zero-order valence-corrected chi connectivity index (χ0v) is 18.0. The number of halogens is 3. The number of hydrogen-bond acceptors (Lipinski definition) is 5. The molecule has 0 fully saturated rings. The van der Waals surface area contributed by atoms with Gasteiger partial charge in [0.15, 0.2) is 21.9 Å². The molecule has 158 valence electrons. The molecule has 2 aromatic heterocycles. The number of amides is 1. The molecule has 0 aliphatic carbocycles. The van der Waals surface area contributed by atoms with Crippen LogP contribution in [0.25, 0.3) is 16.9 Å². The zero-order valence-electron chi connectivity index (χ0n) is 16.3. The molecule has 5 nitrogen and oxygen atoms in total. The van der Waals surface area contributed by atoms with Crippen molar-refractivity contribution in [2.75, 3.05) is 11.6 Å². The van der Waals surface area contributed by atoms with Gasteiger partial charge in [-0.1, -0.05) is 11.8 Å². The molecule has 0 atom stereocenters. The van der Waals surface area contributed by atoms with Crippen LogP contribution in [0.2, 0.25) is 0 Å². The summed E-state index contributed by atoms with van der Waals surface area (Å²) in [6.07, 6.45) is 3.25. The maximum Gasteiger partial charge on any atom is 0.276 e. The van der Waals surface area contributed by atoms with Crippen molar-refractivity contribution in [3.8, 4) is 16.9 Å². The standard InChI is InChI=1S/C21H15F3N4OS2/c1-11-18(12-3-8-15(23)16(24)9-12)26-20(31-11)27-19(29)17-10-25-21(30-2)28(17)14-6-4-13(22)5-7-14/h3-10H,1-2H3,(H,26,27,29). The topological polar surface area (TPSA) is 59.8 Å². The molecular weight excluding hydrogens is 445 g/mol. The molecular formula is C21H15F3N4OS2. The number of aryl methyl sites for hydroxylation is 1.